The summed E-state index contributed by atoms with van der Waals surface area (Å²) in [4.78, 5) is 17.3. The third-order valence-electron chi connectivity index (χ3n) is 6.97. The lowest BCUT2D eigenvalue weighted by molar-refractivity contribution is 0.0964. The van der Waals surface area contributed by atoms with Crippen molar-refractivity contribution in [2.75, 3.05) is 37.7 Å². The fourth-order valence-corrected chi connectivity index (χ4v) is 6.37. The van der Waals surface area contributed by atoms with Crippen molar-refractivity contribution >= 4 is 46.5 Å². The lowest BCUT2D eigenvalue weighted by atomic mass is 9.89. The first-order valence-electron chi connectivity index (χ1n) is 12.6. The maximum Gasteiger partial charge on any atom is 0.255 e. The molecule has 0 bridgehead atoms. The Morgan fingerprint density at radius 3 is 2.79 bits per heavy atom. The largest absolute Gasteiger partial charge is 0.455 e. The average Bonchev–Trinajstić information content (AvgIpc) is 3.34. The first-order valence-corrected chi connectivity index (χ1v) is 14.7. The lowest BCUT2D eigenvalue weighted by Crippen LogP contribution is -2.30. The van der Waals surface area contributed by atoms with Gasteiger partial charge in [-0.15, -0.1) is 0 Å². The smallest absolute Gasteiger partial charge is 0.255 e. The van der Waals surface area contributed by atoms with Crippen molar-refractivity contribution in [2.24, 2.45) is 0 Å². The highest BCUT2D eigenvalue weighted by Crippen LogP contribution is 2.43. The SMILES string of the molecule is CNC(=O)c1c(-c2ccc(F)cc2)oc2cc(N(C)SC)c([C@@H]3CCCN(SCc4cccnc4)C3)cc12. The van der Waals surface area contributed by atoms with Gasteiger partial charge in [0.2, 0.25) is 0 Å². The molecule has 3 heterocycles. The molecule has 6 nitrogen and oxygen atoms in total. The van der Waals surface area contributed by atoms with Gasteiger partial charge in [-0.1, -0.05) is 30.0 Å². The van der Waals surface area contributed by atoms with Crippen LogP contribution >= 0.6 is 23.9 Å². The molecule has 198 valence electrons. The molecule has 2 aromatic carbocycles. The van der Waals surface area contributed by atoms with Crippen molar-refractivity contribution in [3.63, 3.8) is 0 Å². The number of pyridine rings is 1. The van der Waals surface area contributed by atoms with Gasteiger partial charge in [-0.3, -0.25) is 9.78 Å². The molecule has 0 unspecified atom stereocenters. The Morgan fingerprint density at radius 2 is 2.08 bits per heavy atom. The summed E-state index contributed by atoms with van der Waals surface area (Å²) < 4.78 is 24.5. The van der Waals surface area contributed by atoms with E-state index in [1.807, 2.05) is 36.5 Å². The molecule has 1 saturated heterocycles. The normalized spacial score (nSPS) is 16.1. The number of piperidine rings is 1. The number of amides is 1. The van der Waals surface area contributed by atoms with Crippen LogP contribution in [0.3, 0.4) is 0 Å². The summed E-state index contributed by atoms with van der Waals surface area (Å²) in [6.07, 6.45) is 7.94. The van der Waals surface area contributed by atoms with Crippen molar-refractivity contribution < 1.29 is 13.6 Å². The maximum atomic E-state index is 13.6. The number of aromatic nitrogens is 1. The minimum Gasteiger partial charge on any atom is -0.455 e. The molecule has 1 atom stereocenters. The Labute approximate surface area is 231 Å². The van der Waals surface area contributed by atoms with Crippen LogP contribution in [-0.2, 0) is 5.75 Å². The van der Waals surface area contributed by atoms with Gasteiger partial charge in [0.25, 0.3) is 5.91 Å². The fourth-order valence-electron chi connectivity index (χ4n) is 4.96. The van der Waals surface area contributed by atoms with E-state index in [9.17, 15) is 9.18 Å². The molecule has 1 aliphatic heterocycles. The summed E-state index contributed by atoms with van der Waals surface area (Å²) in [6, 6.07) is 14.3. The number of halogens is 1. The zero-order valence-corrected chi connectivity index (χ0v) is 23.4. The van der Waals surface area contributed by atoms with E-state index < -0.39 is 0 Å². The van der Waals surface area contributed by atoms with E-state index in [4.69, 9.17) is 4.42 Å². The first-order chi connectivity index (χ1) is 18.5. The standard InChI is InChI=1S/C29H31FN4O2S2/c1-31-29(35)27-24-14-23(21-7-5-13-34(17-21)38-18-19-6-4-12-32-16-19)25(33(2)37-3)15-26(24)36-28(27)20-8-10-22(30)11-9-20/h4,6,8-12,14-16,21H,5,7,13,17-18H2,1-3H3,(H,31,35)/t21-/m1/s1. The van der Waals surface area contributed by atoms with E-state index in [1.54, 1.807) is 37.3 Å². The second kappa shape index (κ2) is 11.8. The quantitative estimate of drug-likeness (QED) is 0.244. The zero-order valence-electron chi connectivity index (χ0n) is 21.7. The van der Waals surface area contributed by atoms with Crippen molar-refractivity contribution in [1.29, 1.82) is 0 Å². The topological polar surface area (TPSA) is 61.6 Å². The van der Waals surface area contributed by atoms with Crippen molar-refractivity contribution in [3.05, 3.63) is 83.4 Å². The second-order valence-electron chi connectivity index (χ2n) is 9.34. The van der Waals surface area contributed by atoms with Crippen LogP contribution < -0.4 is 9.62 Å². The van der Waals surface area contributed by atoms with Crippen molar-refractivity contribution in [2.45, 2.75) is 24.5 Å². The predicted octanol–water partition coefficient (Wildman–Crippen LogP) is 6.74. The Bertz CT molecular complexity index is 1410. The number of benzene rings is 2. The highest BCUT2D eigenvalue weighted by Gasteiger charge is 2.29. The molecular formula is C29H31FN4O2S2. The predicted molar refractivity (Wildman–Crippen MR) is 156 cm³/mol. The van der Waals surface area contributed by atoms with Gasteiger partial charge in [0.1, 0.15) is 17.2 Å². The van der Waals surface area contributed by atoms with Gasteiger partial charge in [0.15, 0.2) is 0 Å². The van der Waals surface area contributed by atoms with E-state index in [0.717, 1.165) is 42.8 Å². The first kappa shape index (κ1) is 26.6. The number of carbonyl (C=O) groups excluding carboxylic acids is 1. The monoisotopic (exact) mass is 550 g/mol. The molecule has 0 spiro atoms. The Morgan fingerprint density at radius 1 is 1.26 bits per heavy atom. The van der Waals surface area contributed by atoms with Gasteiger partial charge in [0.05, 0.1) is 11.3 Å². The van der Waals surface area contributed by atoms with Crippen LogP contribution in [0.5, 0.6) is 0 Å². The van der Waals surface area contributed by atoms with Gasteiger partial charge in [-0.05, 0) is 66.3 Å². The number of anilines is 1. The molecule has 1 N–H and O–H groups in total. The molecule has 0 aliphatic carbocycles. The van der Waals surface area contributed by atoms with Crippen LogP contribution in [0.15, 0.2) is 65.3 Å². The molecule has 2 aromatic heterocycles. The van der Waals surface area contributed by atoms with Crippen LogP contribution in [0.4, 0.5) is 10.1 Å². The van der Waals surface area contributed by atoms with Crippen LogP contribution in [0.2, 0.25) is 0 Å². The van der Waals surface area contributed by atoms with E-state index in [1.165, 1.54) is 23.3 Å². The highest BCUT2D eigenvalue weighted by atomic mass is 32.2. The van der Waals surface area contributed by atoms with Crippen LogP contribution in [0.1, 0.15) is 40.2 Å². The zero-order chi connectivity index (χ0) is 26.6. The number of nitrogens with one attached hydrogen (secondary N) is 1. The summed E-state index contributed by atoms with van der Waals surface area (Å²) in [7, 11) is 3.67. The Kier molecular flexibility index (Phi) is 8.26. The van der Waals surface area contributed by atoms with Gasteiger partial charge >= 0.3 is 0 Å². The van der Waals surface area contributed by atoms with E-state index in [-0.39, 0.29) is 11.7 Å². The molecule has 9 heteroatoms. The molecule has 1 fully saturated rings. The van der Waals surface area contributed by atoms with Crippen molar-refractivity contribution in [1.82, 2.24) is 14.6 Å². The van der Waals surface area contributed by atoms with E-state index in [2.05, 4.69) is 38.1 Å². The maximum absolute atomic E-state index is 13.6. The molecular weight excluding hydrogens is 519 g/mol. The minimum atomic E-state index is -0.333. The Hall–Kier alpha value is -3.01. The third kappa shape index (κ3) is 5.55. The number of hydrogen-bond donors (Lipinski definition) is 1. The minimum absolute atomic E-state index is 0.225. The van der Waals surface area contributed by atoms with Gasteiger partial charge in [0, 0.05) is 68.6 Å². The van der Waals surface area contributed by atoms with Crippen LogP contribution in [-0.4, -0.2) is 48.6 Å². The van der Waals surface area contributed by atoms with Gasteiger partial charge in [-0.25, -0.2) is 8.70 Å². The summed E-state index contributed by atoms with van der Waals surface area (Å²) >= 11 is 3.49. The van der Waals surface area contributed by atoms with Gasteiger partial charge < -0.3 is 14.0 Å². The van der Waals surface area contributed by atoms with Crippen molar-refractivity contribution in [3.8, 4) is 11.3 Å². The molecule has 1 aliphatic rings. The number of fused-ring (bicyclic) bond motifs is 1. The number of hydrogen-bond acceptors (Lipinski definition) is 7. The summed E-state index contributed by atoms with van der Waals surface area (Å²) in [5.41, 5.74) is 5.28. The number of rotatable bonds is 8. The van der Waals surface area contributed by atoms with E-state index in [0.29, 0.717) is 28.4 Å². The molecule has 0 radical (unpaired) electrons. The van der Waals surface area contributed by atoms with E-state index >= 15 is 0 Å². The number of furan rings is 1. The molecule has 1 amide bonds. The highest BCUT2D eigenvalue weighted by molar-refractivity contribution is 7.99. The average molecular weight is 551 g/mol. The fraction of sp³-hybridized carbons (Fsp3) is 0.310. The van der Waals surface area contributed by atoms with Gasteiger partial charge in [-0.2, -0.15) is 0 Å². The summed E-state index contributed by atoms with van der Waals surface area (Å²) in [5.74, 6) is 1.09. The molecule has 4 aromatic rings. The summed E-state index contributed by atoms with van der Waals surface area (Å²) in [6.45, 7) is 1.96. The van der Waals surface area contributed by atoms with Crippen LogP contribution in [0.25, 0.3) is 22.3 Å². The number of carbonyl (C=O) groups is 1. The summed E-state index contributed by atoms with van der Waals surface area (Å²) in [5, 5.41) is 3.54. The number of nitrogens with zero attached hydrogens (tertiary/aromatic N) is 3. The third-order valence-corrected chi connectivity index (χ3v) is 8.88. The second-order valence-corrected chi connectivity index (χ2v) is 11.3. The molecule has 5 rings (SSSR count). The van der Waals surface area contributed by atoms with Crippen LogP contribution in [0, 0.1) is 5.82 Å². The Balaban J connectivity index is 1.54. The molecule has 38 heavy (non-hydrogen) atoms. The molecule has 0 saturated carbocycles. The lowest BCUT2D eigenvalue weighted by Gasteiger charge is -2.34.